The molecule has 1 unspecified atom stereocenters. The molecule has 0 aliphatic heterocycles. The standard InChI is InChI=1S/C11H21N3O/c1-15-7-6-13-10(12)14-9-8-11(9)4-2-3-5-11/h9H,2-8H2,1H3,(H3,12,13,14). The number of rotatable bonds is 4. The Morgan fingerprint density at radius 2 is 2.27 bits per heavy atom. The molecule has 4 nitrogen and oxygen atoms in total. The van der Waals surface area contributed by atoms with Crippen molar-refractivity contribution in [3.05, 3.63) is 0 Å². The molecule has 0 bridgehead atoms. The van der Waals surface area contributed by atoms with Crippen molar-refractivity contribution in [2.45, 2.75) is 38.1 Å². The predicted molar refractivity (Wildman–Crippen MR) is 60.8 cm³/mol. The highest BCUT2D eigenvalue weighted by Gasteiger charge is 2.55. The highest BCUT2D eigenvalue weighted by Crippen LogP contribution is 2.57. The predicted octanol–water partition coefficient (Wildman–Crippen LogP) is 0.870. The largest absolute Gasteiger partial charge is 0.383 e. The second kappa shape index (κ2) is 4.39. The molecule has 1 spiro atoms. The van der Waals surface area contributed by atoms with Gasteiger partial charge in [-0.3, -0.25) is 4.99 Å². The van der Waals surface area contributed by atoms with E-state index < -0.39 is 0 Å². The van der Waals surface area contributed by atoms with Crippen LogP contribution in [0.25, 0.3) is 0 Å². The van der Waals surface area contributed by atoms with Crippen LogP contribution in [0.1, 0.15) is 32.1 Å². The van der Waals surface area contributed by atoms with Gasteiger partial charge in [-0.05, 0) is 24.7 Å². The maximum absolute atomic E-state index is 5.79. The van der Waals surface area contributed by atoms with Gasteiger partial charge in [-0.25, -0.2) is 0 Å². The van der Waals surface area contributed by atoms with Gasteiger partial charge in [0.1, 0.15) is 0 Å². The molecule has 0 radical (unpaired) electrons. The van der Waals surface area contributed by atoms with Gasteiger partial charge in [0.05, 0.1) is 13.2 Å². The summed E-state index contributed by atoms with van der Waals surface area (Å²) in [4.78, 5) is 4.21. The zero-order chi connectivity index (χ0) is 10.7. The lowest BCUT2D eigenvalue weighted by atomic mass is 10.1. The average molecular weight is 211 g/mol. The van der Waals surface area contributed by atoms with Gasteiger partial charge in [0.15, 0.2) is 5.96 Å². The number of nitrogens with two attached hydrogens (primary N) is 1. The van der Waals surface area contributed by atoms with Crippen LogP contribution in [0.2, 0.25) is 0 Å². The number of aliphatic imine (C=N–C) groups is 1. The van der Waals surface area contributed by atoms with E-state index in [4.69, 9.17) is 10.5 Å². The van der Waals surface area contributed by atoms with Gasteiger partial charge in [-0.1, -0.05) is 12.8 Å². The van der Waals surface area contributed by atoms with Crippen LogP contribution in [0.15, 0.2) is 4.99 Å². The summed E-state index contributed by atoms with van der Waals surface area (Å²) in [6.45, 7) is 1.28. The Labute approximate surface area is 91.3 Å². The molecular formula is C11H21N3O. The summed E-state index contributed by atoms with van der Waals surface area (Å²) < 4.78 is 4.92. The normalized spacial score (nSPS) is 28.3. The SMILES string of the molecule is COCCN=C(N)NC1CC12CCCC2. The fraction of sp³-hybridized carbons (Fsp3) is 0.909. The van der Waals surface area contributed by atoms with E-state index in [9.17, 15) is 0 Å². The van der Waals surface area contributed by atoms with E-state index in [1.54, 1.807) is 7.11 Å². The molecule has 0 heterocycles. The Balaban J connectivity index is 1.72. The molecule has 0 aromatic rings. The molecule has 0 saturated heterocycles. The zero-order valence-corrected chi connectivity index (χ0v) is 9.46. The molecule has 2 aliphatic carbocycles. The number of hydrogen-bond acceptors (Lipinski definition) is 2. The summed E-state index contributed by atoms with van der Waals surface area (Å²) in [5, 5.41) is 3.32. The molecule has 2 saturated carbocycles. The van der Waals surface area contributed by atoms with Gasteiger partial charge >= 0.3 is 0 Å². The van der Waals surface area contributed by atoms with Crippen LogP contribution in [0.4, 0.5) is 0 Å². The minimum atomic E-state index is 0.584. The first-order chi connectivity index (χ1) is 7.27. The van der Waals surface area contributed by atoms with Gasteiger partial charge in [0.2, 0.25) is 0 Å². The van der Waals surface area contributed by atoms with Crippen molar-refractivity contribution in [2.24, 2.45) is 16.1 Å². The first-order valence-corrected chi connectivity index (χ1v) is 5.82. The first-order valence-electron chi connectivity index (χ1n) is 5.82. The van der Waals surface area contributed by atoms with Crippen molar-refractivity contribution in [1.82, 2.24) is 5.32 Å². The molecule has 0 amide bonds. The zero-order valence-electron chi connectivity index (χ0n) is 9.46. The van der Waals surface area contributed by atoms with Crippen molar-refractivity contribution in [3.63, 3.8) is 0 Å². The number of nitrogens with zero attached hydrogens (tertiary/aromatic N) is 1. The summed E-state index contributed by atoms with van der Waals surface area (Å²) in [7, 11) is 1.67. The van der Waals surface area contributed by atoms with E-state index in [1.165, 1.54) is 32.1 Å². The third-order valence-corrected chi connectivity index (χ3v) is 3.69. The Kier molecular flexibility index (Phi) is 3.14. The van der Waals surface area contributed by atoms with Crippen molar-refractivity contribution in [2.75, 3.05) is 20.3 Å². The second-order valence-electron chi connectivity index (χ2n) is 4.73. The van der Waals surface area contributed by atoms with Crippen LogP contribution in [0.3, 0.4) is 0 Å². The van der Waals surface area contributed by atoms with Gasteiger partial charge < -0.3 is 15.8 Å². The third-order valence-electron chi connectivity index (χ3n) is 3.69. The molecule has 1 atom stereocenters. The number of methoxy groups -OCH3 is 1. The Morgan fingerprint density at radius 3 is 2.93 bits per heavy atom. The maximum atomic E-state index is 5.79. The van der Waals surface area contributed by atoms with Crippen LogP contribution in [0.5, 0.6) is 0 Å². The molecule has 3 N–H and O–H groups in total. The lowest BCUT2D eigenvalue weighted by Gasteiger charge is -2.10. The minimum Gasteiger partial charge on any atom is -0.383 e. The molecule has 4 heteroatoms. The minimum absolute atomic E-state index is 0.584. The number of ether oxygens (including phenoxy) is 1. The van der Waals surface area contributed by atoms with E-state index in [0.29, 0.717) is 30.6 Å². The summed E-state index contributed by atoms with van der Waals surface area (Å²) in [6, 6.07) is 0.589. The fourth-order valence-corrected chi connectivity index (χ4v) is 2.66. The third kappa shape index (κ3) is 2.43. The maximum Gasteiger partial charge on any atom is 0.188 e. The van der Waals surface area contributed by atoms with Crippen LogP contribution in [-0.4, -0.2) is 32.3 Å². The Morgan fingerprint density at radius 1 is 1.53 bits per heavy atom. The van der Waals surface area contributed by atoms with Gasteiger partial charge in [-0.15, -0.1) is 0 Å². The highest BCUT2D eigenvalue weighted by atomic mass is 16.5. The Bertz CT molecular complexity index is 246. The Hall–Kier alpha value is -0.770. The summed E-state index contributed by atoms with van der Waals surface area (Å²) >= 11 is 0. The van der Waals surface area contributed by atoms with Crippen LogP contribution in [-0.2, 0) is 4.74 Å². The van der Waals surface area contributed by atoms with Crippen LogP contribution in [0, 0.1) is 5.41 Å². The molecular weight excluding hydrogens is 190 g/mol. The summed E-state index contributed by atoms with van der Waals surface area (Å²) in [5.41, 5.74) is 6.37. The van der Waals surface area contributed by atoms with Gasteiger partial charge in [0, 0.05) is 13.2 Å². The monoisotopic (exact) mass is 211 g/mol. The molecule has 86 valence electrons. The summed E-state index contributed by atoms with van der Waals surface area (Å²) in [6.07, 6.45) is 6.80. The van der Waals surface area contributed by atoms with Gasteiger partial charge in [0.25, 0.3) is 0 Å². The van der Waals surface area contributed by atoms with E-state index in [-0.39, 0.29) is 0 Å². The first kappa shape index (κ1) is 10.7. The molecule has 2 rings (SSSR count). The van der Waals surface area contributed by atoms with Gasteiger partial charge in [-0.2, -0.15) is 0 Å². The highest BCUT2D eigenvalue weighted by molar-refractivity contribution is 5.78. The van der Waals surface area contributed by atoms with Crippen LogP contribution < -0.4 is 11.1 Å². The second-order valence-corrected chi connectivity index (χ2v) is 4.73. The lowest BCUT2D eigenvalue weighted by Crippen LogP contribution is -2.36. The topological polar surface area (TPSA) is 59.6 Å². The number of hydrogen-bond donors (Lipinski definition) is 2. The van der Waals surface area contributed by atoms with Crippen LogP contribution >= 0.6 is 0 Å². The van der Waals surface area contributed by atoms with Crippen molar-refractivity contribution >= 4 is 5.96 Å². The molecule has 2 fully saturated rings. The van der Waals surface area contributed by atoms with E-state index in [0.717, 1.165) is 0 Å². The fourth-order valence-electron chi connectivity index (χ4n) is 2.66. The lowest BCUT2D eigenvalue weighted by molar-refractivity contribution is 0.208. The summed E-state index contributed by atoms with van der Waals surface area (Å²) in [5.74, 6) is 0.584. The van der Waals surface area contributed by atoms with Crippen molar-refractivity contribution in [3.8, 4) is 0 Å². The molecule has 0 aromatic carbocycles. The quantitative estimate of drug-likeness (QED) is 0.412. The number of nitrogens with one attached hydrogen (secondary N) is 1. The number of guanidine groups is 1. The average Bonchev–Trinajstić information content (AvgIpc) is 2.65. The smallest absolute Gasteiger partial charge is 0.188 e. The molecule has 0 aromatic heterocycles. The van der Waals surface area contributed by atoms with E-state index in [2.05, 4.69) is 10.3 Å². The molecule has 15 heavy (non-hydrogen) atoms. The van der Waals surface area contributed by atoms with Crippen molar-refractivity contribution in [1.29, 1.82) is 0 Å². The van der Waals surface area contributed by atoms with E-state index in [1.807, 2.05) is 0 Å². The molecule has 2 aliphatic rings. The van der Waals surface area contributed by atoms with E-state index >= 15 is 0 Å². The van der Waals surface area contributed by atoms with Crippen molar-refractivity contribution < 1.29 is 4.74 Å².